The number of aromatic amines is 1. The molecule has 2 atom stereocenters. The van der Waals surface area contributed by atoms with Crippen LogP contribution < -0.4 is 21.1 Å². The number of nitrogens with zero attached hydrogens (tertiary/aromatic N) is 1. The third-order valence-corrected chi connectivity index (χ3v) is 8.10. The third kappa shape index (κ3) is 7.84. The molecule has 0 radical (unpaired) electrons. The van der Waals surface area contributed by atoms with Crippen LogP contribution in [0, 0.1) is 11.3 Å². The van der Waals surface area contributed by atoms with Gasteiger partial charge in [-0.2, -0.15) is 5.26 Å². The van der Waals surface area contributed by atoms with Crippen molar-refractivity contribution in [3.8, 4) is 11.8 Å². The van der Waals surface area contributed by atoms with Crippen LogP contribution in [0.1, 0.15) is 56.7 Å². The first-order chi connectivity index (χ1) is 21.1. The number of aliphatic hydroxyl groups is 1. The van der Waals surface area contributed by atoms with Crippen molar-refractivity contribution < 1.29 is 19.4 Å². The minimum absolute atomic E-state index is 0.134. The predicted molar refractivity (Wildman–Crippen MR) is 172 cm³/mol. The van der Waals surface area contributed by atoms with Gasteiger partial charge in [-0.15, -0.1) is 0 Å². The summed E-state index contributed by atoms with van der Waals surface area (Å²) in [6, 6.07) is 24.7. The molecule has 0 saturated carbocycles. The van der Waals surface area contributed by atoms with E-state index in [4.69, 9.17) is 15.7 Å². The van der Waals surface area contributed by atoms with Crippen molar-refractivity contribution in [1.29, 1.82) is 5.26 Å². The van der Waals surface area contributed by atoms with Gasteiger partial charge in [0.15, 0.2) is 0 Å². The molecule has 9 heteroatoms. The lowest BCUT2D eigenvalue weighted by atomic mass is 9.72. The number of benzene rings is 3. The Hall–Kier alpha value is -4.65. The zero-order valence-corrected chi connectivity index (χ0v) is 25.5. The number of imide groups is 1. The maximum atomic E-state index is 12.1. The second-order valence-electron chi connectivity index (χ2n) is 11.8. The lowest BCUT2D eigenvalue weighted by molar-refractivity contribution is -0.138. The number of aliphatic hydroxyl groups excluding tert-OH is 1. The molecular weight excluding hydrogens is 554 g/mol. The molecule has 1 aliphatic heterocycles. The molecule has 2 amide bonds. The van der Waals surface area contributed by atoms with Gasteiger partial charge in [0.1, 0.15) is 24.5 Å². The molecule has 3 aromatic carbocycles. The maximum Gasteiger partial charge on any atom is 0.237 e. The fourth-order valence-electron chi connectivity index (χ4n) is 5.51. The number of rotatable bonds is 10. The van der Waals surface area contributed by atoms with Crippen molar-refractivity contribution >= 4 is 28.4 Å². The van der Waals surface area contributed by atoms with Crippen LogP contribution in [0.25, 0.3) is 10.9 Å². The van der Waals surface area contributed by atoms with Crippen molar-refractivity contribution in [3.63, 3.8) is 0 Å². The van der Waals surface area contributed by atoms with Gasteiger partial charge in [-0.1, -0.05) is 49.4 Å². The number of carbonyl (C=O) groups excluding carboxylic acids is 2. The molecule has 6 N–H and O–H groups in total. The molecular formula is C35H41N5O4. The van der Waals surface area contributed by atoms with Crippen LogP contribution in [-0.2, 0) is 21.4 Å². The number of hydrogen-bond donors (Lipinski definition) is 5. The van der Waals surface area contributed by atoms with Crippen LogP contribution >= 0.6 is 0 Å². The lowest BCUT2D eigenvalue weighted by Crippen LogP contribution is -2.51. The Morgan fingerprint density at radius 2 is 1.80 bits per heavy atom. The van der Waals surface area contributed by atoms with E-state index < -0.39 is 11.5 Å². The number of anilines is 1. The predicted octanol–water partition coefficient (Wildman–Crippen LogP) is 4.74. The lowest BCUT2D eigenvalue weighted by Gasteiger charge is -2.34. The first-order valence-electron chi connectivity index (χ1n) is 14.9. The molecule has 9 nitrogen and oxygen atoms in total. The molecule has 1 aromatic heterocycles. The number of para-hydroxylation sites is 2. The Kier molecular flexibility index (Phi) is 10.4. The summed E-state index contributed by atoms with van der Waals surface area (Å²) >= 11 is 0. The largest absolute Gasteiger partial charge is 0.489 e. The number of β-amino-alcohol motifs (C(OH)–C–C–N with tert-alkyl or cyclic N) is 1. The molecule has 0 aliphatic carbocycles. The van der Waals surface area contributed by atoms with Gasteiger partial charge in [0.25, 0.3) is 0 Å². The Balaban J connectivity index is 0.000000223. The Bertz CT molecular complexity index is 1620. The SMILES string of the molecule is CC(C)(Cc1c[nH]c2ccccc12)NCC(O)COc1ccccc1C#N.CCC1(c2ccc(N)cc2)CCC(=O)NC1=O. The number of hydrogen-bond acceptors (Lipinski definition) is 7. The first-order valence-corrected chi connectivity index (χ1v) is 14.9. The summed E-state index contributed by atoms with van der Waals surface area (Å²) in [6.45, 7) is 6.74. The number of H-pyrrole nitrogens is 1. The molecule has 0 spiro atoms. The summed E-state index contributed by atoms with van der Waals surface area (Å²) in [5.41, 5.74) is 9.33. The molecule has 1 aliphatic rings. The second-order valence-corrected chi connectivity index (χ2v) is 11.8. The van der Waals surface area contributed by atoms with Crippen molar-refractivity contribution in [3.05, 3.63) is 95.7 Å². The molecule has 4 aromatic rings. The average Bonchev–Trinajstić information content (AvgIpc) is 3.42. The number of nitrogens with two attached hydrogens (primary N) is 1. The highest BCUT2D eigenvalue weighted by atomic mass is 16.5. The van der Waals surface area contributed by atoms with Crippen molar-refractivity contribution in [2.24, 2.45) is 0 Å². The molecule has 1 fully saturated rings. The van der Waals surface area contributed by atoms with Crippen molar-refractivity contribution in [2.45, 2.75) is 63.5 Å². The number of piperidine rings is 1. The van der Waals surface area contributed by atoms with E-state index in [9.17, 15) is 14.7 Å². The van der Waals surface area contributed by atoms with Crippen LogP contribution in [0.15, 0.2) is 79.0 Å². The van der Waals surface area contributed by atoms with E-state index in [1.165, 1.54) is 10.9 Å². The Morgan fingerprint density at radius 1 is 1.09 bits per heavy atom. The number of aromatic nitrogens is 1. The zero-order chi connectivity index (χ0) is 31.7. The smallest absolute Gasteiger partial charge is 0.237 e. The summed E-state index contributed by atoms with van der Waals surface area (Å²) in [4.78, 5) is 26.6. The average molecular weight is 596 g/mol. The molecule has 5 rings (SSSR count). The van der Waals surface area contributed by atoms with Crippen LogP contribution in [-0.4, -0.2) is 46.7 Å². The van der Waals surface area contributed by atoms with Crippen LogP contribution in [0.4, 0.5) is 5.69 Å². The van der Waals surface area contributed by atoms with E-state index in [0.717, 1.165) is 17.5 Å². The molecule has 2 unspecified atom stereocenters. The standard InChI is InChI=1S/C22H25N3O2.C13H16N2O2/c1-22(2,11-17-13-24-20-9-5-4-8-19(17)20)25-14-18(26)15-27-21-10-6-3-7-16(21)12-23;1-2-13(8-7-11(16)15-12(13)17)9-3-5-10(14)6-4-9/h3-10,13,18,24-26H,11,14-15H2,1-2H3;3-6H,2,7-8,14H2,1H3,(H,15,16,17). The topological polar surface area (TPSA) is 153 Å². The highest BCUT2D eigenvalue weighted by molar-refractivity contribution is 6.03. The minimum Gasteiger partial charge on any atom is -0.489 e. The maximum absolute atomic E-state index is 12.1. The number of carbonyl (C=O) groups is 2. The summed E-state index contributed by atoms with van der Waals surface area (Å²) in [6.07, 6.45) is 3.85. The van der Waals surface area contributed by atoms with Gasteiger partial charge in [-0.25, -0.2) is 0 Å². The third-order valence-electron chi connectivity index (χ3n) is 8.10. The van der Waals surface area contributed by atoms with E-state index in [1.54, 1.807) is 30.3 Å². The van der Waals surface area contributed by atoms with Crippen molar-refractivity contribution in [2.75, 3.05) is 18.9 Å². The van der Waals surface area contributed by atoms with E-state index in [1.807, 2.05) is 43.5 Å². The monoisotopic (exact) mass is 595 g/mol. The van der Waals surface area contributed by atoms with Gasteiger partial charge in [-0.05, 0) is 74.6 Å². The number of fused-ring (bicyclic) bond motifs is 1. The summed E-state index contributed by atoms with van der Waals surface area (Å²) < 4.78 is 5.60. The van der Waals surface area contributed by atoms with Crippen LogP contribution in [0.3, 0.4) is 0 Å². The fourth-order valence-corrected chi connectivity index (χ4v) is 5.51. The van der Waals surface area contributed by atoms with E-state index in [0.29, 0.717) is 42.8 Å². The quantitative estimate of drug-likeness (QED) is 0.131. The van der Waals surface area contributed by atoms with E-state index in [2.05, 4.69) is 47.7 Å². The highest BCUT2D eigenvalue weighted by Gasteiger charge is 2.42. The molecule has 1 saturated heterocycles. The number of ether oxygens (including phenoxy) is 1. The fraction of sp³-hybridized carbons (Fsp3) is 0.343. The van der Waals surface area contributed by atoms with Gasteiger partial charge in [-0.3, -0.25) is 14.9 Å². The zero-order valence-electron chi connectivity index (χ0n) is 25.5. The van der Waals surface area contributed by atoms with Crippen LogP contribution in [0.5, 0.6) is 5.75 Å². The minimum atomic E-state index is -0.668. The normalized spacial score (nSPS) is 17.2. The van der Waals surface area contributed by atoms with Gasteiger partial charge < -0.3 is 25.9 Å². The Morgan fingerprint density at radius 3 is 2.50 bits per heavy atom. The number of nitrogen functional groups attached to an aromatic ring is 1. The Labute approximate surface area is 258 Å². The number of nitriles is 1. The number of nitrogens with one attached hydrogen (secondary N) is 3. The molecule has 2 heterocycles. The van der Waals surface area contributed by atoms with Crippen LogP contribution in [0.2, 0.25) is 0 Å². The van der Waals surface area contributed by atoms with Gasteiger partial charge in [0.05, 0.1) is 11.0 Å². The number of amides is 2. The second kappa shape index (κ2) is 14.2. The van der Waals surface area contributed by atoms with Gasteiger partial charge in [0.2, 0.25) is 11.8 Å². The highest BCUT2D eigenvalue weighted by Crippen LogP contribution is 2.36. The summed E-state index contributed by atoms with van der Waals surface area (Å²) in [5.74, 6) is 0.118. The summed E-state index contributed by atoms with van der Waals surface area (Å²) in [7, 11) is 0. The summed E-state index contributed by atoms with van der Waals surface area (Å²) in [5, 5.41) is 26.4. The molecule has 230 valence electrons. The molecule has 0 bridgehead atoms. The van der Waals surface area contributed by atoms with E-state index in [-0.39, 0.29) is 24.0 Å². The first kappa shape index (κ1) is 32.3. The van der Waals surface area contributed by atoms with Gasteiger partial charge in [0, 0.05) is 41.3 Å². The van der Waals surface area contributed by atoms with Gasteiger partial charge >= 0.3 is 0 Å². The molecule has 44 heavy (non-hydrogen) atoms. The van der Waals surface area contributed by atoms with E-state index >= 15 is 0 Å². The van der Waals surface area contributed by atoms with Crippen molar-refractivity contribution in [1.82, 2.24) is 15.6 Å².